The topological polar surface area (TPSA) is 164 Å². The van der Waals surface area contributed by atoms with Gasteiger partial charge >= 0.3 is 19.4 Å². The first-order valence-electron chi connectivity index (χ1n) is 13.4. The first-order chi connectivity index (χ1) is 20.2. The van der Waals surface area contributed by atoms with Crippen molar-refractivity contribution in [1.82, 2.24) is 15.1 Å². The van der Waals surface area contributed by atoms with Gasteiger partial charge in [-0.25, -0.2) is 19.4 Å². The summed E-state index contributed by atoms with van der Waals surface area (Å²) in [6, 6.07) is 11.8. The maximum atomic E-state index is 12.3. The SMILES string of the molecule is C1COCO1.C=C/C=C(\C=C)OP(=O)(NCC(=O)OC1CCCCC1)OC.Cc1ccccc1.Nc1ccnc(=O)[nH]1. The zero-order chi connectivity index (χ0) is 31.1. The van der Waals surface area contributed by atoms with Gasteiger partial charge in [0.05, 0.1) is 13.2 Å². The number of anilines is 1. The second-order valence-electron chi connectivity index (χ2n) is 8.78. The Balaban J connectivity index is 0.000000351. The highest BCUT2D eigenvalue weighted by Crippen LogP contribution is 2.45. The van der Waals surface area contributed by atoms with Gasteiger partial charge in [-0.3, -0.25) is 14.3 Å². The van der Waals surface area contributed by atoms with Gasteiger partial charge in [-0.05, 0) is 50.8 Å². The summed E-state index contributed by atoms with van der Waals surface area (Å²) >= 11 is 0. The third kappa shape index (κ3) is 18.0. The molecule has 0 spiro atoms. The predicted octanol–water partition coefficient (Wildman–Crippen LogP) is 4.82. The molecule has 1 atom stereocenters. The first-order valence-corrected chi connectivity index (χ1v) is 15.0. The van der Waals surface area contributed by atoms with E-state index in [2.05, 4.69) is 47.3 Å². The molecule has 1 saturated heterocycles. The average Bonchev–Trinajstić information content (AvgIpc) is 3.58. The number of H-pyrrole nitrogens is 1. The molecule has 1 aliphatic heterocycles. The van der Waals surface area contributed by atoms with Crippen molar-refractivity contribution in [2.75, 3.05) is 39.4 Å². The van der Waals surface area contributed by atoms with E-state index in [9.17, 15) is 14.2 Å². The largest absolute Gasteiger partial charge is 0.461 e. The molecule has 2 aromatic rings. The van der Waals surface area contributed by atoms with Gasteiger partial charge in [0.25, 0.3) is 0 Å². The Labute approximate surface area is 247 Å². The summed E-state index contributed by atoms with van der Waals surface area (Å²) in [7, 11) is -2.42. The van der Waals surface area contributed by atoms with E-state index < -0.39 is 19.4 Å². The predicted molar refractivity (Wildman–Crippen MR) is 162 cm³/mol. The minimum Gasteiger partial charge on any atom is -0.461 e. The van der Waals surface area contributed by atoms with E-state index in [1.165, 1.54) is 49.6 Å². The third-order valence-electron chi connectivity index (χ3n) is 5.39. The van der Waals surface area contributed by atoms with Crippen molar-refractivity contribution in [1.29, 1.82) is 0 Å². The number of aromatic nitrogens is 2. The number of benzene rings is 1. The van der Waals surface area contributed by atoms with Crippen LogP contribution >= 0.6 is 7.75 Å². The number of nitrogen functional groups attached to an aromatic ring is 1. The summed E-state index contributed by atoms with van der Waals surface area (Å²) in [6.45, 7) is 10.9. The van der Waals surface area contributed by atoms with Crippen molar-refractivity contribution in [2.24, 2.45) is 0 Å². The molecule has 1 aromatic carbocycles. The fourth-order valence-corrected chi connectivity index (χ4v) is 4.31. The summed E-state index contributed by atoms with van der Waals surface area (Å²) in [5.74, 6) is 0.0963. The number of aryl methyl sites for hydroxylation is 1. The molecule has 13 heteroatoms. The van der Waals surface area contributed by atoms with Crippen LogP contribution in [0, 0.1) is 6.92 Å². The maximum Gasteiger partial charge on any atom is 0.458 e. The molecule has 2 heterocycles. The van der Waals surface area contributed by atoms with Crippen molar-refractivity contribution in [3.05, 3.63) is 95.8 Å². The molecule has 4 rings (SSSR count). The number of nitrogens with zero attached hydrogens (tertiary/aromatic N) is 1. The third-order valence-corrected chi connectivity index (χ3v) is 6.87. The number of allylic oxidation sites excluding steroid dienone is 3. The summed E-state index contributed by atoms with van der Waals surface area (Å²) in [5, 5.41) is 2.47. The van der Waals surface area contributed by atoms with Gasteiger partial charge < -0.3 is 24.5 Å². The van der Waals surface area contributed by atoms with Crippen LogP contribution in [0.4, 0.5) is 5.82 Å². The standard InChI is InChI=1S/C15H24NO5P.C7H8.C4H5N3O.C3H6O2/c1-4-9-13(5-2)21-22(18,19-3)16-12-15(17)20-14-10-7-6-8-11-14;1-7-5-3-2-4-6-7;5-3-1-2-6-4(8)7-3;1-2-5-3-4-1/h4-5,9,14H,1-2,6-8,10-12H2,3H3,(H,16,18);2-6H,1H3;1-2H,(H3,5,6,7,8);1-3H2/b13-9+;;;. The fraction of sp³-hybridized carbons (Fsp3) is 0.414. The van der Waals surface area contributed by atoms with E-state index in [0.717, 1.165) is 38.9 Å². The Kier molecular flexibility index (Phi) is 19.2. The molecule has 2 aliphatic rings. The van der Waals surface area contributed by atoms with Crippen LogP contribution < -0.4 is 16.5 Å². The molecule has 2 fully saturated rings. The van der Waals surface area contributed by atoms with Crippen LogP contribution in [-0.4, -0.2) is 55.7 Å². The number of aromatic amines is 1. The number of esters is 1. The fourth-order valence-electron chi connectivity index (χ4n) is 3.31. The van der Waals surface area contributed by atoms with E-state index in [-0.39, 0.29) is 18.4 Å². The van der Waals surface area contributed by atoms with Crippen LogP contribution in [0.5, 0.6) is 0 Å². The van der Waals surface area contributed by atoms with Crippen LogP contribution in [0.3, 0.4) is 0 Å². The van der Waals surface area contributed by atoms with Gasteiger partial charge in [-0.15, -0.1) is 0 Å². The highest BCUT2D eigenvalue weighted by atomic mass is 31.2. The van der Waals surface area contributed by atoms with Gasteiger partial charge in [-0.2, -0.15) is 0 Å². The van der Waals surface area contributed by atoms with Crippen molar-refractivity contribution in [3.8, 4) is 0 Å². The molecule has 1 unspecified atom stereocenters. The van der Waals surface area contributed by atoms with E-state index in [1.54, 1.807) is 0 Å². The number of ether oxygens (including phenoxy) is 3. The van der Waals surface area contributed by atoms with Gasteiger partial charge in [-0.1, -0.05) is 61.5 Å². The number of nitrogens with two attached hydrogens (primary N) is 1. The Hall–Kier alpha value is -3.54. The normalized spacial score (nSPS) is 16.0. The van der Waals surface area contributed by atoms with Gasteiger partial charge in [0.1, 0.15) is 31.0 Å². The van der Waals surface area contributed by atoms with Crippen LogP contribution in [0.15, 0.2) is 84.5 Å². The van der Waals surface area contributed by atoms with E-state index in [4.69, 9.17) is 29.0 Å². The Morgan fingerprint density at radius 1 is 1.17 bits per heavy atom. The van der Waals surface area contributed by atoms with Gasteiger partial charge in [0.15, 0.2) is 0 Å². The molecule has 4 N–H and O–H groups in total. The van der Waals surface area contributed by atoms with Crippen molar-refractivity contribution >= 4 is 19.5 Å². The number of carbonyl (C=O) groups is 1. The summed E-state index contributed by atoms with van der Waals surface area (Å²) in [4.78, 5) is 27.7. The van der Waals surface area contributed by atoms with E-state index in [0.29, 0.717) is 12.6 Å². The average molecular weight is 607 g/mol. The second-order valence-corrected chi connectivity index (χ2v) is 10.6. The van der Waals surface area contributed by atoms with Crippen molar-refractivity contribution < 1.29 is 32.6 Å². The highest BCUT2D eigenvalue weighted by Gasteiger charge is 2.27. The number of hydrogen-bond donors (Lipinski definition) is 3. The number of hydrogen-bond acceptors (Lipinski definition) is 10. The van der Waals surface area contributed by atoms with E-state index in [1.807, 2.05) is 18.2 Å². The lowest BCUT2D eigenvalue weighted by molar-refractivity contribution is -0.149. The number of carbonyl (C=O) groups excluding carboxylic acids is 1. The lowest BCUT2D eigenvalue weighted by atomic mass is 9.98. The number of nitrogens with one attached hydrogen (secondary N) is 2. The highest BCUT2D eigenvalue weighted by molar-refractivity contribution is 7.51. The molecule has 12 nitrogen and oxygen atoms in total. The Bertz CT molecular complexity index is 1170. The van der Waals surface area contributed by atoms with Crippen LogP contribution in [0.25, 0.3) is 0 Å². The summed E-state index contributed by atoms with van der Waals surface area (Å²) in [6.07, 6.45) is 10.7. The molecule has 232 valence electrons. The van der Waals surface area contributed by atoms with Crippen molar-refractivity contribution in [3.63, 3.8) is 0 Å². The lowest BCUT2D eigenvalue weighted by Crippen LogP contribution is -2.28. The van der Waals surface area contributed by atoms with Crippen LogP contribution in [-0.2, 0) is 32.6 Å². The zero-order valence-electron chi connectivity index (χ0n) is 24.4. The zero-order valence-corrected chi connectivity index (χ0v) is 25.3. The second kappa shape index (κ2) is 22.1. The van der Waals surface area contributed by atoms with Crippen molar-refractivity contribution in [2.45, 2.75) is 45.1 Å². The maximum absolute atomic E-state index is 12.3. The summed E-state index contributed by atoms with van der Waals surface area (Å²) < 4.78 is 37.2. The minimum absolute atomic E-state index is 0.0460. The first kappa shape index (κ1) is 36.5. The molecule has 42 heavy (non-hydrogen) atoms. The van der Waals surface area contributed by atoms with Gasteiger partial charge in [0.2, 0.25) is 0 Å². The molecule has 1 saturated carbocycles. The Morgan fingerprint density at radius 3 is 2.26 bits per heavy atom. The smallest absolute Gasteiger partial charge is 0.458 e. The van der Waals surface area contributed by atoms with Crippen LogP contribution in [0.2, 0.25) is 0 Å². The quantitative estimate of drug-likeness (QED) is 0.155. The molecular formula is C29H43N4O8P. The van der Waals surface area contributed by atoms with Crippen LogP contribution in [0.1, 0.15) is 37.7 Å². The summed E-state index contributed by atoms with van der Waals surface area (Å²) in [5.41, 5.74) is 6.07. The lowest BCUT2D eigenvalue weighted by Gasteiger charge is -2.22. The molecule has 1 aliphatic carbocycles. The monoisotopic (exact) mass is 606 g/mol. The minimum atomic E-state index is -3.65. The molecule has 0 bridgehead atoms. The van der Waals surface area contributed by atoms with Gasteiger partial charge in [0, 0.05) is 13.3 Å². The Morgan fingerprint density at radius 2 is 1.83 bits per heavy atom. The number of rotatable bonds is 9. The molecule has 0 radical (unpaired) electrons. The van der Waals surface area contributed by atoms with E-state index >= 15 is 0 Å². The molecule has 1 aromatic heterocycles. The molecule has 0 amide bonds. The molecular weight excluding hydrogens is 563 g/mol.